The summed E-state index contributed by atoms with van der Waals surface area (Å²) in [6.45, 7) is 14.0. The fourth-order valence-electron chi connectivity index (χ4n) is 3.40. The van der Waals surface area contributed by atoms with E-state index in [1.165, 1.54) is 4.31 Å². The lowest BCUT2D eigenvalue weighted by molar-refractivity contribution is -0.128. The maximum absolute atomic E-state index is 13.7. The van der Waals surface area contributed by atoms with E-state index in [-0.39, 0.29) is 34.7 Å². The molecule has 0 bridgehead atoms. The summed E-state index contributed by atoms with van der Waals surface area (Å²) in [6.07, 6.45) is -0.940. The summed E-state index contributed by atoms with van der Waals surface area (Å²) < 4.78 is 34.6. The lowest BCUT2D eigenvalue weighted by atomic mass is 9.86. The van der Waals surface area contributed by atoms with Crippen LogP contribution < -0.4 is 14.4 Å². The maximum atomic E-state index is 13.7. The highest BCUT2D eigenvalue weighted by molar-refractivity contribution is 7.92. The molecule has 0 saturated heterocycles. The molecule has 1 aliphatic heterocycles. The highest BCUT2D eigenvalue weighted by atomic mass is 32.2. The summed E-state index contributed by atoms with van der Waals surface area (Å²) in [5.41, 5.74) is 2.25. The van der Waals surface area contributed by atoms with Crippen molar-refractivity contribution in [1.82, 2.24) is 5.32 Å². The summed E-state index contributed by atoms with van der Waals surface area (Å²) >= 11 is 0. The molecule has 174 valence electrons. The summed E-state index contributed by atoms with van der Waals surface area (Å²) in [5, 5.41) is 2.95. The molecule has 1 aliphatic rings. The Morgan fingerprint density at radius 3 is 2.28 bits per heavy atom. The highest BCUT2D eigenvalue weighted by Crippen LogP contribution is 2.40. The minimum Gasteiger partial charge on any atom is -0.476 e. The first-order valence-electron chi connectivity index (χ1n) is 11.0. The van der Waals surface area contributed by atoms with Crippen molar-refractivity contribution in [3.63, 3.8) is 0 Å². The third kappa shape index (κ3) is 4.93. The molecule has 1 amide bonds. The predicted molar refractivity (Wildman–Crippen MR) is 128 cm³/mol. The Hall–Kier alpha value is -2.54. The van der Waals surface area contributed by atoms with Gasteiger partial charge in [0.1, 0.15) is 5.75 Å². The zero-order valence-electron chi connectivity index (χ0n) is 20.0. The number of fused-ring (bicyclic) bond motifs is 1. The largest absolute Gasteiger partial charge is 0.476 e. The van der Waals surface area contributed by atoms with Crippen LogP contribution in [-0.4, -0.2) is 33.0 Å². The van der Waals surface area contributed by atoms with E-state index in [0.717, 1.165) is 11.1 Å². The van der Waals surface area contributed by atoms with E-state index in [4.69, 9.17) is 4.74 Å². The smallest absolute Gasteiger partial charge is 0.264 e. The Kier molecular flexibility index (Phi) is 6.61. The molecule has 0 saturated carbocycles. The number of carbonyl (C=O) groups is 1. The van der Waals surface area contributed by atoms with Crippen LogP contribution in [0.3, 0.4) is 0 Å². The summed E-state index contributed by atoms with van der Waals surface area (Å²) in [6, 6.07) is 12.2. The number of aryl methyl sites for hydroxylation is 1. The van der Waals surface area contributed by atoms with Crippen molar-refractivity contribution >= 4 is 21.6 Å². The molecule has 0 spiro atoms. The van der Waals surface area contributed by atoms with E-state index in [2.05, 4.69) is 26.1 Å². The van der Waals surface area contributed by atoms with Gasteiger partial charge in [0.25, 0.3) is 15.9 Å². The number of nitrogens with zero attached hydrogens (tertiary/aromatic N) is 1. The fraction of sp³-hybridized carbons (Fsp3) is 0.480. The average Bonchev–Trinajstić information content (AvgIpc) is 2.71. The number of anilines is 1. The first-order valence-corrected chi connectivity index (χ1v) is 12.5. The van der Waals surface area contributed by atoms with Gasteiger partial charge in [-0.1, -0.05) is 58.4 Å². The summed E-state index contributed by atoms with van der Waals surface area (Å²) in [5.74, 6) is 0.315. The molecule has 0 unspecified atom stereocenters. The van der Waals surface area contributed by atoms with E-state index >= 15 is 0 Å². The second-order valence-electron chi connectivity index (χ2n) is 9.93. The highest BCUT2D eigenvalue weighted by Gasteiger charge is 2.38. The molecule has 2 aromatic carbocycles. The van der Waals surface area contributed by atoms with E-state index in [1.54, 1.807) is 30.3 Å². The molecule has 0 aromatic heterocycles. The van der Waals surface area contributed by atoms with Crippen LogP contribution in [0.2, 0.25) is 0 Å². The van der Waals surface area contributed by atoms with Crippen molar-refractivity contribution < 1.29 is 17.9 Å². The van der Waals surface area contributed by atoms with Crippen LogP contribution in [0.1, 0.15) is 52.7 Å². The molecule has 1 N–H and O–H groups in total. The third-order valence-corrected chi connectivity index (χ3v) is 7.76. The molecule has 2 atom stereocenters. The number of sulfonamides is 1. The van der Waals surface area contributed by atoms with Crippen molar-refractivity contribution in [3.05, 3.63) is 53.6 Å². The Bertz CT molecular complexity index is 1090. The molecule has 6 nitrogen and oxygen atoms in total. The monoisotopic (exact) mass is 458 g/mol. The van der Waals surface area contributed by atoms with E-state index in [9.17, 15) is 13.2 Å². The predicted octanol–water partition coefficient (Wildman–Crippen LogP) is 4.41. The van der Waals surface area contributed by atoms with Crippen LogP contribution in [0.15, 0.2) is 47.4 Å². The Balaban J connectivity index is 2.06. The molecule has 1 heterocycles. The first-order chi connectivity index (χ1) is 14.8. The van der Waals surface area contributed by atoms with Crippen molar-refractivity contribution in [2.45, 2.75) is 70.9 Å². The molecule has 2 aromatic rings. The fourth-order valence-corrected chi connectivity index (χ4v) is 4.87. The summed E-state index contributed by atoms with van der Waals surface area (Å²) in [7, 11) is -3.89. The van der Waals surface area contributed by atoms with Gasteiger partial charge in [0.05, 0.1) is 17.1 Å². The number of nitrogens with one attached hydrogen (secondary N) is 1. The molecule has 0 radical (unpaired) electrons. The maximum Gasteiger partial charge on any atom is 0.264 e. The van der Waals surface area contributed by atoms with Gasteiger partial charge in [-0.05, 0) is 55.0 Å². The molecular weight excluding hydrogens is 424 g/mol. The third-order valence-electron chi connectivity index (χ3n) is 5.97. The van der Waals surface area contributed by atoms with Gasteiger partial charge in [0.2, 0.25) is 0 Å². The van der Waals surface area contributed by atoms with Crippen LogP contribution in [0.25, 0.3) is 0 Å². The number of carbonyl (C=O) groups excluding carboxylic acids is 1. The van der Waals surface area contributed by atoms with Crippen molar-refractivity contribution in [3.8, 4) is 5.75 Å². The SMILES string of the molecule is Cc1ccc(S(=O)(=O)N2C[C@@H](C(=O)N[C@@H](C)C(C)C)Oc3ccc(C(C)(C)C)cc32)cc1. The topological polar surface area (TPSA) is 75.7 Å². The Labute approximate surface area is 192 Å². The van der Waals surface area contributed by atoms with E-state index in [1.807, 2.05) is 39.8 Å². The van der Waals surface area contributed by atoms with Gasteiger partial charge in [-0.15, -0.1) is 0 Å². The molecule has 0 fully saturated rings. The number of hydrogen-bond donors (Lipinski definition) is 1. The molecule has 32 heavy (non-hydrogen) atoms. The minimum atomic E-state index is -3.89. The zero-order valence-corrected chi connectivity index (χ0v) is 20.8. The molecule has 7 heteroatoms. The summed E-state index contributed by atoms with van der Waals surface area (Å²) in [4.78, 5) is 13.1. The second kappa shape index (κ2) is 8.77. The minimum absolute atomic E-state index is 0.0575. The molecular formula is C25H34N2O4S. The van der Waals surface area contributed by atoms with Crippen LogP contribution in [0.5, 0.6) is 5.75 Å². The van der Waals surface area contributed by atoms with Crippen LogP contribution in [-0.2, 0) is 20.2 Å². The number of hydrogen-bond acceptors (Lipinski definition) is 4. The normalized spacial score (nSPS) is 17.5. The van der Waals surface area contributed by atoms with E-state index in [0.29, 0.717) is 11.4 Å². The van der Waals surface area contributed by atoms with Crippen molar-refractivity contribution in [2.75, 3.05) is 10.8 Å². The molecule has 3 rings (SSSR count). The van der Waals surface area contributed by atoms with Gasteiger partial charge in [0, 0.05) is 6.04 Å². The Morgan fingerprint density at radius 1 is 1.09 bits per heavy atom. The van der Waals surface area contributed by atoms with Gasteiger partial charge in [0.15, 0.2) is 6.10 Å². The van der Waals surface area contributed by atoms with Gasteiger partial charge in [-0.25, -0.2) is 8.42 Å². The van der Waals surface area contributed by atoms with Gasteiger partial charge < -0.3 is 10.1 Å². The molecule has 0 aliphatic carbocycles. The van der Waals surface area contributed by atoms with Crippen LogP contribution in [0.4, 0.5) is 5.69 Å². The van der Waals surface area contributed by atoms with Crippen molar-refractivity contribution in [1.29, 1.82) is 0 Å². The Morgan fingerprint density at radius 2 is 1.72 bits per heavy atom. The number of ether oxygens (including phenoxy) is 1. The van der Waals surface area contributed by atoms with Crippen molar-refractivity contribution in [2.24, 2.45) is 5.92 Å². The lowest BCUT2D eigenvalue weighted by Gasteiger charge is -2.36. The number of amides is 1. The quantitative estimate of drug-likeness (QED) is 0.720. The van der Waals surface area contributed by atoms with Gasteiger partial charge >= 0.3 is 0 Å². The van der Waals surface area contributed by atoms with Gasteiger partial charge in [-0.2, -0.15) is 0 Å². The first kappa shape index (κ1) is 24.1. The lowest BCUT2D eigenvalue weighted by Crippen LogP contribution is -2.52. The van der Waals surface area contributed by atoms with Crippen LogP contribution in [0, 0.1) is 12.8 Å². The second-order valence-corrected chi connectivity index (χ2v) is 11.8. The standard InChI is InChI=1S/C25H34N2O4S/c1-16(2)18(4)26-24(28)23-15-27(32(29,30)20-11-8-17(3)9-12-20)21-14-19(25(5,6)7)10-13-22(21)31-23/h8-14,16,18,23H,15H2,1-7H3,(H,26,28)/t18-,23-/m0/s1. The van der Waals surface area contributed by atoms with Gasteiger partial charge in [-0.3, -0.25) is 9.10 Å². The average molecular weight is 459 g/mol. The number of benzene rings is 2. The zero-order chi connectivity index (χ0) is 23.8. The number of rotatable bonds is 5. The van der Waals surface area contributed by atoms with Crippen LogP contribution >= 0.6 is 0 Å². The van der Waals surface area contributed by atoms with E-state index < -0.39 is 16.1 Å².